The van der Waals surface area contributed by atoms with E-state index in [2.05, 4.69) is 0 Å². The van der Waals surface area contributed by atoms with E-state index < -0.39 is 20.8 Å². The van der Waals surface area contributed by atoms with E-state index in [-0.39, 0.29) is 5.02 Å². The molecule has 66 valence electrons. The summed E-state index contributed by atoms with van der Waals surface area (Å²) in [5, 5.41) is 0.0694. The predicted octanol–water partition coefficient (Wildman–Crippen LogP) is 1.73. The highest BCUT2D eigenvalue weighted by Gasteiger charge is 2.15. The molecule has 0 aliphatic rings. The maximum Gasteiger partial charge on any atom is 0.297 e. The Bertz CT molecular complexity index is 401. The second-order valence-electron chi connectivity index (χ2n) is 2.05. The molecule has 0 fully saturated rings. The lowest BCUT2D eigenvalue weighted by Crippen LogP contribution is -2.00. The van der Waals surface area contributed by atoms with Gasteiger partial charge in [-0.25, -0.2) is 4.39 Å². The molecule has 0 bridgehead atoms. The fraction of sp³-hybridized carbons (Fsp3) is 0. The molecule has 3 nitrogen and oxygen atoms in total. The lowest BCUT2D eigenvalue weighted by molar-refractivity contribution is 0.473. The first-order valence-electron chi connectivity index (χ1n) is 2.84. The molecule has 0 heterocycles. The van der Waals surface area contributed by atoms with Crippen molar-refractivity contribution in [3.63, 3.8) is 0 Å². The van der Waals surface area contributed by atoms with Crippen LogP contribution in [-0.4, -0.2) is 13.0 Å². The van der Waals surface area contributed by atoms with E-state index >= 15 is 0 Å². The Balaban J connectivity index is 3.39. The smallest absolute Gasteiger partial charge is 0.282 e. The van der Waals surface area contributed by atoms with Crippen molar-refractivity contribution >= 4 is 21.7 Å². The summed E-state index contributed by atoms with van der Waals surface area (Å²) in [7, 11) is -4.48. The zero-order chi connectivity index (χ0) is 9.35. The van der Waals surface area contributed by atoms with E-state index in [0.29, 0.717) is 0 Å². The van der Waals surface area contributed by atoms with Crippen LogP contribution in [0.25, 0.3) is 0 Å². The molecule has 0 unspecified atom stereocenters. The van der Waals surface area contributed by atoms with Crippen LogP contribution in [0.2, 0.25) is 5.02 Å². The predicted molar refractivity (Wildman–Crippen MR) is 41.2 cm³/mol. The first kappa shape index (κ1) is 9.44. The molecule has 1 aromatic rings. The highest BCUT2D eigenvalue weighted by molar-refractivity contribution is 7.85. The van der Waals surface area contributed by atoms with E-state index in [4.69, 9.17) is 16.2 Å². The molecule has 1 aromatic carbocycles. The Hall–Kier alpha value is -0.650. The van der Waals surface area contributed by atoms with Crippen LogP contribution in [0.4, 0.5) is 4.39 Å². The van der Waals surface area contributed by atoms with Crippen molar-refractivity contribution in [2.45, 2.75) is 4.90 Å². The largest absolute Gasteiger partial charge is 0.297 e. The first-order valence-corrected chi connectivity index (χ1v) is 4.65. The Morgan fingerprint density at radius 2 is 2.00 bits per heavy atom. The average Bonchev–Trinajstić information content (AvgIpc) is 1.83. The van der Waals surface area contributed by atoms with Gasteiger partial charge in [-0.05, 0) is 18.2 Å². The quantitative estimate of drug-likeness (QED) is 0.719. The van der Waals surface area contributed by atoms with Crippen LogP contribution in [0.3, 0.4) is 0 Å². The topological polar surface area (TPSA) is 54.4 Å². The molecule has 0 radical (unpaired) electrons. The Morgan fingerprint density at radius 1 is 1.42 bits per heavy atom. The molecule has 1 N–H and O–H groups in total. The van der Waals surface area contributed by atoms with Crippen LogP contribution in [0, 0.1) is 5.82 Å². The summed E-state index contributed by atoms with van der Waals surface area (Å²) in [6.45, 7) is 0. The standard InChI is InChI=1S/C6H4ClFO3S/c7-4-1-2-6(5(8)3-4)12(9,10)11/h1-3H,(H,9,10,11). The van der Waals surface area contributed by atoms with Crippen LogP contribution in [0.1, 0.15) is 0 Å². The van der Waals surface area contributed by atoms with Crippen molar-refractivity contribution in [2.75, 3.05) is 0 Å². The second kappa shape index (κ2) is 3.01. The van der Waals surface area contributed by atoms with Crippen molar-refractivity contribution in [2.24, 2.45) is 0 Å². The highest BCUT2D eigenvalue weighted by atomic mass is 35.5. The molecule has 0 aromatic heterocycles. The molecule has 0 amide bonds. The van der Waals surface area contributed by atoms with Crippen LogP contribution < -0.4 is 0 Å². The van der Waals surface area contributed by atoms with Crippen LogP contribution in [0.5, 0.6) is 0 Å². The molecular formula is C6H4ClFO3S. The fourth-order valence-electron chi connectivity index (χ4n) is 0.684. The third-order valence-electron chi connectivity index (χ3n) is 1.17. The minimum Gasteiger partial charge on any atom is -0.282 e. The van der Waals surface area contributed by atoms with E-state index in [1.807, 2.05) is 0 Å². The average molecular weight is 211 g/mol. The molecule has 0 aliphatic carbocycles. The molecule has 1 rings (SSSR count). The summed E-state index contributed by atoms with van der Waals surface area (Å²) < 4.78 is 42.0. The molecule has 0 saturated carbocycles. The maximum absolute atomic E-state index is 12.7. The van der Waals surface area contributed by atoms with Crippen LogP contribution in [0.15, 0.2) is 23.1 Å². The number of halogens is 2. The van der Waals surface area contributed by atoms with Crippen molar-refractivity contribution in [1.82, 2.24) is 0 Å². The lowest BCUT2D eigenvalue weighted by Gasteiger charge is -1.98. The maximum atomic E-state index is 12.7. The fourth-order valence-corrected chi connectivity index (χ4v) is 1.39. The van der Waals surface area contributed by atoms with E-state index in [1.54, 1.807) is 0 Å². The Kier molecular flexibility index (Phi) is 2.36. The molecular weight excluding hydrogens is 207 g/mol. The summed E-state index contributed by atoms with van der Waals surface area (Å²) in [6.07, 6.45) is 0. The second-order valence-corrected chi connectivity index (χ2v) is 3.88. The number of hydrogen-bond donors (Lipinski definition) is 1. The SMILES string of the molecule is O=S(=O)(O)c1ccc(Cl)cc1F. The first-order chi connectivity index (χ1) is 5.41. The van der Waals surface area contributed by atoms with Gasteiger partial charge in [0, 0.05) is 5.02 Å². The van der Waals surface area contributed by atoms with Gasteiger partial charge in [0.2, 0.25) is 0 Å². The third kappa shape index (κ3) is 1.94. The molecule has 0 aliphatic heterocycles. The normalized spacial score (nSPS) is 11.6. The number of rotatable bonds is 1. The summed E-state index contributed by atoms with van der Waals surface area (Å²) in [6, 6.07) is 2.88. The highest BCUT2D eigenvalue weighted by Crippen LogP contribution is 2.18. The van der Waals surface area contributed by atoms with Crippen molar-refractivity contribution < 1.29 is 17.4 Å². The minimum absolute atomic E-state index is 0.0694. The minimum atomic E-state index is -4.48. The lowest BCUT2D eigenvalue weighted by atomic mass is 10.3. The summed E-state index contributed by atoms with van der Waals surface area (Å²) in [5.41, 5.74) is 0. The summed E-state index contributed by atoms with van der Waals surface area (Å²) >= 11 is 5.35. The molecule has 0 saturated heterocycles. The zero-order valence-electron chi connectivity index (χ0n) is 5.66. The number of hydrogen-bond acceptors (Lipinski definition) is 2. The molecule has 0 spiro atoms. The van der Waals surface area contributed by atoms with Gasteiger partial charge < -0.3 is 0 Å². The number of benzene rings is 1. The van der Waals surface area contributed by atoms with Gasteiger partial charge in [-0.2, -0.15) is 8.42 Å². The molecule has 12 heavy (non-hydrogen) atoms. The zero-order valence-corrected chi connectivity index (χ0v) is 7.23. The monoisotopic (exact) mass is 210 g/mol. The molecule has 6 heteroatoms. The molecule has 0 atom stereocenters. The van der Waals surface area contributed by atoms with Gasteiger partial charge in [0.05, 0.1) is 0 Å². The van der Waals surface area contributed by atoms with Gasteiger partial charge in [-0.15, -0.1) is 0 Å². The van der Waals surface area contributed by atoms with Gasteiger partial charge >= 0.3 is 0 Å². The van der Waals surface area contributed by atoms with Gasteiger partial charge in [0.15, 0.2) is 0 Å². The van der Waals surface area contributed by atoms with Gasteiger partial charge in [-0.3, -0.25) is 4.55 Å². The summed E-state index contributed by atoms with van der Waals surface area (Å²) in [5.74, 6) is -1.06. The van der Waals surface area contributed by atoms with Crippen LogP contribution in [-0.2, 0) is 10.1 Å². The Morgan fingerprint density at radius 3 is 2.42 bits per heavy atom. The Labute approximate surface area is 73.5 Å². The van der Waals surface area contributed by atoms with Gasteiger partial charge in [0.1, 0.15) is 10.7 Å². The van der Waals surface area contributed by atoms with Gasteiger partial charge in [0.25, 0.3) is 10.1 Å². The van der Waals surface area contributed by atoms with Crippen molar-refractivity contribution in [1.29, 1.82) is 0 Å². The third-order valence-corrected chi connectivity index (χ3v) is 2.29. The summed E-state index contributed by atoms with van der Waals surface area (Å²) in [4.78, 5) is -0.771. The van der Waals surface area contributed by atoms with E-state index in [9.17, 15) is 12.8 Å². The van der Waals surface area contributed by atoms with Crippen LogP contribution >= 0.6 is 11.6 Å². The van der Waals surface area contributed by atoms with Crippen molar-refractivity contribution in [3.05, 3.63) is 29.0 Å². The van der Waals surface area contributed by atoms with Gasteiger partial charge in [-0.1, -0.05) is 11.6 Å². The van der Waals surface area contributed by atoms with E-state index in [0.717, 1.165) is 12.1 Å². The van der Waals surface area contributed by atoms with E-state index in [1.165, 1.54) is 6.07 Å². The van der Waals surface area contributed by atoms with Crippen molar-refractivity contribution in [3.8, 4) is 0 Å².